The zero-order chi connectivity index (χ0) is 19.8. The quantitative estimate of drug-likeness (QED) is 0.568. The van der Waals surface area contributed by atoms with Crippen LogP contribution in [0.1, 0.15) is 16.1 Å². The first kappa shape index (κ1) is 18.1. The van der Waals surface area contributed by atoms with Gasteiger partial charge in [-0.1, -0.05) is 11.6 Å². The Kier molecular flexibility index (Phi) is 4.56. The van der Waals surface area contributed by atoms with Gasteiger partial charge in [-0.15, -0.1) is 0 Å². The molecule has 6 nitrogen and oxygen atoms in total. The number of nitrogens with one attached hydrogen (secondary N) is 1. The van der Waals surface area contributed by atoms with Crippen LogP contribution >= 0.6 is 11.6 Å². The van der Waals surface area contributed by atoms with Crippen molar-refractivity contribution in [1.82, 2.24) is 24.5 Å². The van der Waals surface area contributed by atoms with Crippen molar-refractivity contribution in [3.63, 3.8) is 0 Å². The van der Waals surface area contributed by atoms with Crippen molar-refractivity contribution < 1.29 is 13.6 Å². The number of benzene rings is 1. The molecule has 1 N–H and O–H groups in total. The highest BCUT2D eigenvalue weighted by Gasteiger charge is 2.20. The molecule has 0 spiro atoms. The van der Waals surface area contributed by atoms with E-state index in [-0.39, 0.29) is 23.4 Å². The lowest BCUT2D eigenvalue weighted by Crippen LogP contribution is -2.23. The third-order valence-corrected chi connectivity index (χ3v) is 4.38. The largest absolute Gasteiger partial charge is 0.346 e. The minimum atomic E-state index is -0.787. The Hall–Kier alpha value is -3.26. The molecule has 4 aromatic rings. The number of hydrogen-bond donors (Lipinski definition) is 1. The van der Waals surface area contributed by atoms with Crippen LogP contribution in [0.4, 0.5) is 8.78 Å². The number of rotatable bonds is 4. The first-order chi connectivity index (χ1) is 13.4. The van der Waals surface area contributed by atoms with E-state index in [0.717, 1.165) is 12.1 Å². The average molecular weight is 402 g/mol. The van der Waals surface area contributed by atoms with Gasteiger partial charge >= 0.3 is 0 Å². The maximum atomic E-state index is 14.1. The summed E-state index contributed by atoms with van der Waals surface area (Å²) in [5.41, 5.74) is 1.70. The second kappa shape index (κ2) is 7.05. The number of aryl methyl sites for hydroxylation is 1. The summed E-state index contributed by atoms with van der Waals surface area (Å²) in [6.45, 7) is 0.165. The number of fused-ring (bicyclic) bond motifs is 1. The first-order valence-corrected chi connectivity index (χ1v) is 8.69. The van der Waals surface area contributed by atoms with Crippen molar-refractivity contribution in [2.24, 2.45) is 7.05 Å². The fourth-order valence-corrected chi connectivity index (χ4v) is 3.07. The Morgan fingerprint density at radius 1 is 1.18 bits per heavy atom. The number of aromatic nitrogens is 4. The molecule has 1 amide bonds. The number of nitrogens with zero attached hydrogens (tertiary/aromatic N) is 4. The van der Waals surface area contributed by atoms with E-state index in [9.17, 15) is 13.6 Å². The number of hydrogen-bond acceptors (Lipinski definition) is 3. The van der Waals surface area contributed by atoms with Gasteiger partial charge in [0.15, 0.2) is 0 Å². The van der Waals surface area contributed by atoms with Crippen LogP contribution in [0.25, 0.3) is 16.9 Å². The second-order valence-corrected chi connectivity index (χ2v) is 6.65. The summed E-state index contributed by atoms with van der Waals surface area (Å²) >= 11 is 5.95. The maximum Gasteiger partial charge on any atom is 0.255 e. The molecule has 0 aliphatic carbocycles. The smallest absolute Gasteiger partial charge is 0.255 e. The third-order valence-electron chi connectivity index (χ3n) is 4.15. The van der Waals surface area contributed by atoms with E-state index in [1.807, 2.05) is 0 Å². The Morgan fingerprint density at radius 2 is 2.00 bits per heavy atom. The van der Waals surface area contributed by atoms with Crippen LogP contribution in [0, 0.1) is 11.6 Å². The summed E-state index contributed by atoms with van der Waals surface area (Å²) in [7, 11) is 1.62. The number of halogens is 3. The van der Waals surface area contributed by atoms with Crippen LogP contribution in [0.2, 0.25) is 5.02 Å². The van der Waals surface area contributed by atoms with Crippen molar-refractivity contribution in [3.05, 3.63) is 76.8 Å². The monoisotopic (exact) mass is 401 g/mol. The summed E-state index contributed by atoms with van der Waals surface area (Å²) in [5.74, 6) is -1.93. The first-order valence-electron chi connectivity index (χ1n) is 8.31. The highest BCUT2D eigenvalue weighted by Crippen LogP contribution is 2.25. The Bertz CT molecular complexity index is 1200. The van der Waals surface area contributed by atoms with Crippen molar-refractivity contribution >= 4 is 23.2 Å². The van der Waals surface area contributed by atoms with Crippen LogP contribution < -0.4 is 5.32 Å². The lowest BCUT2D eigenvalue weighted by atomic mass is 10.1. The molecule has 3 heterocycles. The normalized spacial score (nSPS) is 11.1. The zero-order valence-corrected chi connectivity index (χ0v) is 15.4. The fraction of sp³-hybridized carbons (Fsp3) is 0.105. The van der Waals surface area contributed by atoms with Gasteiger partial charge < -0.3 is 9.72 Å². The Labute approximate surface area is 163 Å². The molecule has 0 aliphatic heterocycles. The number of pyridine rings is 1. The molecule has 142 valence electrons. The van der Waals surface area contributed by atoms with Gasteiger partial charge in [-0.3, -0.25) is 9.48 Å². The molecule has 0 atom stereocenters. The Balaban J connectivity index is 1.58. The van der Waals surface area contributed by atoms with Gasteiger partial charge in [-0.25, -0.2) is 13.8 Å². The molecule has 0 bridgehead atoms. The Morgan fingerprint density at radius 3 is 2.79 bits per heavy atom. The summed E-state index contributed by atoms with van der Waals surface area (Å²) in [5, 5.41) is 7.47. The minimum Gasteiger partial charge on any atom is -0.346 e. The van der Waals surface area contributed by atoms with Crippen molar-refractivity contribution in [1.29, 1.82) is 0 Å². The second-order valence-electron chi connectivity index (χ2n) is 6.22. The van der Waals surface area contributed by atoms with Gasteiger partial charge in [-0.05, 0) is 24.3 Å². The maximum absolute atomic E-state index is 14.1. The van der Waals surface area contributed by atoms with Gasteiger partial charge in [0.05, 0.1) is 22.8 Å². The van der Waals surface area contributed by atoms with Crippen LogP contribution in [-0.4, -0.2) is 25.1 Å². The van der Waals surface area contributed by atoms with E-state index >= 15 is 0 Å². The fourth-order valence-electron chi connectivity index (χ4n) is 2.90. The molecule has 0 saturated heterocycles. The topological polar surface area (TPSA) is 64.2 Å². The number of carbonyl (C=O) groups excluding carboxylic acids is 1. The van der Waals surface area contributed by atoms with Crippen LogP contribution in [0.3, 0.4) is 0 Å². The van der Waals surface area contributed by atoms with Gasteiger partial charge in [0.25, 0.3) is 5.91 Å². The highest BCUT2D eigenvalue weighted by molar-refractivity contribution is 6.30. The molecule has 0 saturated carbocycles. The molecule has 0 aliphatic rings. The predicted molar refractivity (Wildman–Crippen MR) is 99.9 cm³/mol. The SMILES string of the molecule is Cn1cc(C(=O)NCc2cn3cc(Cl)ccc3n2)c(-c2ccc(F)cc2F)n1. The van der Waals surface area contributed by atoms with Gasteiger partial charge in [0.2, 0.25) is 0 Å². The van der Waals surface area contributed by atoms with Crippen LogP contribution in [0.5, 0.6) is 0 Å². The minimum absolute atomic E-state index is 0.0505. The van der Waals surface area contributed by atoms with E-state index in [0.29, 0.717) is 16.4 Å². The van der Waals surface area contributed by atoms with Gasteiger partial charge in [0, 0.05) is 37.3 Å². The molecule has 0 unspecified atom stereocenters. The van der Waals surface area contributed by atoms with Crippen molar-refractivity contribution in [3.8, 4) is 11.3 Å². The number of imidazole rings is 1. The lowest BCUT2D eigenvalue weighted by Gasteiger charge is -2.05. The molecular weight excluding hydrogens is 388 g/mol. The molecule has 1 aromatic carbocycles. The molecule has 28 heavy (non-hydrogen) atoms. The third kappa shape index (κ3) is 3.46. The average Bonchev–Trinajstić information content (AvgIpc) is 3.22. The molecule has 3 aromatic heterocycles. The number of amides is 1. The van der Waals surface area contributed by atoms with Crippen molar-refractivity contribution in [2.75, 3.05) is 0 Å². The lowest BCUT2D eigenvalue weighted by molar-refractivity contribution is 0.0951. The summed E-state index contributed by atoms with van der Waals surface area (Å²) in [4.78, 5) is 17.1. The summed E-state index contributed by atoms with van der Waals surface area (Å²) in [6, 6.07) is 6.63. The highest BCUT2D eigenvalue weighted by atomic mass is 35.5. The summed E-state index contributed by atoms with van der Waals surface area (Å²) < 4.78 is 30.5. The van der Waals surface area contributed by atoms with Gasteiger partial charge in [-0.2, -0.15) is 5.10 Å². The predicted octanol–water partition coefficient (Wildman–Crippen LogP) is 3.60. The van der Waals surface area contributed by atoms with E-state index in [2.05, 4.69) is 15.4 Å². The summed E-state index contributed by atoms with van der Waals surface area (Å²) in [6.07, 6.45) is 4.95. The molecule has 0 fully saturated rings. The van der Waals surface area contributed by atoms with Crippen molar-refractivity contribution in [2.45, 2.75) is 6.54 Å². The molecule has 9 heteroatoms. The molecule has 4 rings (SSSR count). The van der Waals surface area contributed by atoms with E-state index in [1.54, 1.807) is 36.0 Å². The standard InChI is InChI=1S/C19H14ClF2N5O/c1-26-10-15(18(25-26)14-4-3-12(21)6-16(14)22)19(28)23-7-13-9-27-8-11(20)2-5-17(27)24-13/h2-6,8-10H,7H2,1H3,(H,23,28). The van der Waals surface area contributed by atoms with Crippen LogP contribution in [-0.2, 0) is 13.6 Å². The van der Waals surface area contributed by atoms with E-state index in [4.69, 9.17) is 11.6 Å². The molecular formula is C19H14ClF2N5O. The molecule has 0 radical (unpaired) electrons. The van der Waals surface area contributed by atoms with Crippen LogP contribution in [0.15, 0.2) is 48.9 Å². The van der Waals surface area contributed by atoms with Gasteiger partial charge in [0.1, 0.15) is 23.0 Å². The number of carbonyl (C=O) groups is 1. The zero-order valence-electron chi connectivity index (χ0n) is 14.7. The van der Waals surface area contributed by atoms with E-state index in [1.165, 1.54) is 16.9 Å². The van der Waals surface area contributed by atoms with E-state index < -0.39 is 17.5 Å².